The Hall–Kier alpha value is -2.16. The van der Waals surface area contributed by atoms with Crippen molar-refractivity contribution in [3.05, 3.63) is 48.0 Å². The van der Waals surface area contributed by atoms with Crippen LogP contribution >= 0.6 is 0 Å². The molecule has 19 heavy (non-hydrogen) atoms. The van der Waals surface area contributed by atoms with Gasteiger partial charge in [-0.3, -0.25) is 0 Å². The molecule has 0 aliphatic carbocycles. The third kappa shape index (κ3) is 3.41. The molecule has 0 unspecified atom stereocenters. The van der Waals surface area contributed by atoms with Gasteiger partial charge in [-0.2, -0.15) is 0 Å². The highest BCUT2D eigenvalue weighted by Crippen LogP contribution is 2.33. The van der Waals surface area contributed by atoms with Crippen LogP contribution in [0.4, 0.5) is 0 Å². The molecule has 0 spiro atoms. The summed E-state index contributed by atoms with van der Waals surface area (Å²) in [6.45, 7) is 6.21. The van der Waals surface area contributed by atoms with E-state index in [2.05, 4.69) is 20.8 Å². The maximum absolute atomic E-state index is 9.76. The number of benzene rings is 2. The summed E-state index contributed by atoms with van der Waals surface area (Å²) in [4.78, 5) is 0. The minimum absolute atomic E-state index is 0.0737. The molecule has 0 saturated heterocycles. The van der Waals surface area contributed by atoms with Gasteiger partial charge in [0.25, 0.3) is 0 Å². The first-order valence-corrected chi connectivity index (χ1v) is 6.16. The second-order valence-electron chi connectivity index (χ2n) is 5.57. The normalized spacial score (nSPS) is 11.3. The summed E-state index contributed by atoms with van der Waals surface area (Å²) in [5.74, 6) is 1.40. The van der Waals surface area contributed by atoms with Crippen molar-refractivity contribution < 1.29 is 14.9 Å². The van der Waals surface area contributed by atoms with Crippen molar-refractivity contribution >= 4 is 0 Å². The summed E-state index contributed by atoms with van der Waals surface area (Å²) in [5.41, 5.74) is 0.915. The van der Waals surface area contributed by atoms with Gasteiger partial charge in [0.1, 0.15) is 23.0 Å². The van der Waals surface area contributed by atoms with Crippen LogP contribution in [0.15, 0.2) is 42.5 Å². The van der Waals surface area contributed by atoms with E-state index >= 15 is 0 Å². The fraction of sp³-hybridized carbons (Fsp3) is 0.250. The monoisotopic (exact) mass is 258 g/mol. The van der Waals surface area contributed by atoms with Crippen molar-refractivity contribution in [1.82, 2.24) is 0 Å². The smallest absolute Gasteiger partial charge is 0.131 e. The highest BCUT2D eigenvalue weighted by atomic mass is 16.5. The molecule has 100 valence electrons. The average molecular weight is 258 g/mol. The topological polar surface area (TPSA) is 49.7 Å². The van der Waals surface area contributed by atoms with E-state index in [1.807, 2.05) is 6.07 Å². The van der Waals surface area contributed by atoms with Gasteiger partial charge in [0.05, 0.1) is 0 Å². The number of aromatic hydroxyl groups is 2. The van der Waals surface area contributed by atoms with Gasteiger partial charge in [-0.1, -0.05) is 26.8 Å². The van der Waals surface area contributed by atoms with Gasteiger partial charge in [0.15, 0.2) is 0 Å². The van der Waals surface area contributed by atoms with E-state index in [9.17, 15) is 10.2 Å². The molecule has 0 aliphatic rings. The summed E-state index contributed by atoms with van der Waals surface area (Å²) in [6, 6.07) is 11.7. The zero-order chi connectivity index (χ0) is 14.0. The van der Waals surface area contributed by atoms with Crippen molar-refractivity contribution in [3.63, 3.8) is 0 Å². The first-order valence-electron chi connectivity index (χ1n) is 6.16. The van der Waals surface area contributed by atoms with Crippen LogP contribution in [0, 0.1) is 0 Å². The highest BCUT2D eigenvalue weighted by molar-refractivity contribution is 5.43. The van der Waals surface area contributed by atoms with Gasteiger partial charge in [-0.05, 0) is 35.2 Å². The van der Waals surface area contributed by atoms with Gasteiger partial charge < -0.3 is 14.9 Å². The Bertz CT molecular complexity index is 583. The van der Waals surface area contributed by atoms with Crippen molar-refractivity contribution in [2.24, 2.45) is 0 Å². The van der Waals surface area contributed by atoms with E-state index in [-0.39, 0.29) is 16.9 Å². The van der Waals surface area contributed by atoms with E-state index in [1.165, 1.54) is 6.07 Å². The molecule has 2 aromatic carbocycles. The van der Waals surface area contributed by atoms with Crippen LogP contribution in [0.3, 0.4) is 0 Å². The Morgan fingerprint density at radius 3 is 2.16 bits per heavy atom. The maximum Gasteiger partial charge on any atom is 0.131 e. The van der Waals surface area contributed by atoms with Crippen LogP contribution in [0.5, 0.6) is 23.0 Å². The van der Waals surface area contributed by atoms with Crippen LogP contribution < -0.4 is 4.74 Å². The lowest BCUT2D eigenvalue weighted by Gasteiger charge is -2.20. The summed E-state index contributed by atoms with van der Waals surface area (Å²) in [5, 5.41) is 19.2. The van der Waals surface area contributed by atoms with Gasteiger partial charge in [-0.25, -0.2) is 0 Å². The second kappa shape index (κ2) is 4.84. The van der Waals surface area contributed by atoms with Crippen molar-refractivity contribution in [2.75, 3.05) is 0 Å². The van der Waals surface area contributed by atoms with E-state index in [0.29, 0.717) is 11.5 Å². The molecule has 0 aliphatic heterocycles. The van der Waals surface area contributed by atoms with Crippen LogP contribution in [0.2, 0.25) is 0 Å². The molecule has 2 aromatic rings. The molecule has 2 rings (SSSR count). The second-order valence-corrected chi connectivity index (χ2v) is 5.57. The first-order chi connectivity index (χ1) is 8.84. The molecule has 0 bridgehead atoms. The molecule has 0 atom stereocenters. The van der Waals surface area contributed by atoms with Crippen LogP contribution in [-0.2, 0) is 5.41 Å². The standard InChI is InChI=1S/C16H18O3/c1-16(2,3)11-7-13(18)10-15(8-11)19-14-6-4-5-12(17)9-14/h4-10,17-18H,1-3H3. The Morgan fingerprint density at radius 1 is 0.842 bits per heavy atom. The average Bonchev–Trinajstić information content (AvgIpc) is 2.26. The number of hydrogen-bond acceptors (Lipinski definition) is 3. The molecule has 3 nitrogen and oxygen atoms in total. The number of ether oxygens (including phenoxy) is 1. The summed E-state index contributed by atoms with van der Waals surface area (Å²) in [6.07, 6.45) is 0. The summed E-state index contributed by atoms with van der Waals surface area (Å²) < 4.78 is 5.66. The predicted octanol–water partition coefficient (Wildman–Crippen LogP) is 4.19. The van der Waals surface area contributed by atoms with E-state index < -0.39 is 0 Å². The first kappa shape index (κ1) is 13.3. The van der Waals surface area contributed by atoms with Crippen LogP contribution in [0.1, 0.15) is 26.3 Å². The lowest BCUT2D eigenvalue weighted by Crippen LogP contribution is -2.10. The molecule has 0 aromatic heterocycles. The molecule has 0 heterocycles. The molecular formula is C16H18O3. The molecule has 3 heteroatoms. The minimum atomic E-state index is -0.0737. The van der Waals surface area contributed by atoms with Gasteiger partial charge in [-0.15, -0.1) is 0 Å². The van der Waals surface area contributed by atoms with Crippen molar-refractivity contribution in [1.29, 1.82) is 0 Å². The quantitative estimate of drug-likeness (QED) is 0.849. The fourth-order valence-electron chi connectivity index (χ4n) is 1.76. The zero-order valence-corrected chi connectivity index (χ0v) is 11.3. The molecular weight excluding hydrogens is 240 g/mol. The molecule has 0 radical (unpaired) electrons. The Kier molecular flexibility index (Phi) is 3.38. The number of rotatable bonds is 2. The van der Waals surface area contributed by atoms with Gasteiger partial charge in [0, 0.05) is 12.1 Å². The molecule has 0 amide bonds. The Balaban J connectivity index is 2.33. The van der Waals surface area contributed by atoms with Crippen molar-refractivity contribution in [3.8, 4) is 23.0 Å². The lowest BCUT2D eigenvalue weighted by atomic mass is 9.87. The van der Waals surface area contributed by atoms with E-state index in [1.54, 1.807) is 30.3 Å². The third-order valence-corrected chi connectivity index (χ3v) is 2.81. The minimum Gasteiger partial charge on any atom is -0.508 e. The Labute approximate surface area is 113 Å². The van der Waals surface area contributed by atoms with Crippen molar-refractivity contribution in [2.45, 2.75) is 26.2 Å². The number of phenolic OH excluding ortho intramolecular Hbond substituents is 2. The maximum atomic E-state index is 9.76. The summed E-state index contributed by atoms with van der Waals surface area (Å²) in [7, 11) is 0. The third-order valence-electron chi connectivity index (χ3n) is 2.81. The van der Waals surface area contributed by atoms with Crippen LogP contribution in [-0.4, -0.2) is 10.2 Å². The van der Waals surface area contributed by atoms with Gasteiger partial charge >= 0.3 is 0 Å². The molecule has 0 fully saturated rings. The summed E-state index contributed by atoms with van der Waals surface area (Å²) >= 11 is 0. The predicted molar refractivity (Wildman–Crippen MR) is 75.0 cm³/mol. The molecule has 2 N–H and O–H groups in total. The molecule has 0 saturated carbocycles. The Morgan fingerprint density at radius 2 is 1.53 bits per heavy atom. The number of hydrogen-bond donors (Lipinski definition) is 2. The van der Waals surface area contributed by atoms with Gasteiger partial charge in [0.2, 0.25) is 0 Å². The van der Waals surface area contributed by atoms with Crippen LogP contribution in [0.25, 0.3) is 0 Å². The number of phenols is 2. The fourth-order valence-corrected chi connectivity index (χ4v) is 1.76. The van der Waals surface area contributed by atoms with E-state index in [0.717, 1.165) is 5.56 Å². The lowest BCUT2D eigenvalue weighted by molar-refractivity contribution is 0.442. The van der Waals surface area contributed by atoms with E-state index in [4.69, 9.17) is 4.74 Å². The largest absolute Gasteiger partial charge is 0.508 e. The highest BCUT2D eigenvalue weighted by Gasteiger charge is 2.16. The SMILES string of the molecule is CC(C)(C)c1cc(O)cc(Oc2cccc(O)c2)c1. The zero-order valence-electron chi connectivity index (χ0n) is 11.3.